The molecule has 1 fully saturated rings. The molecule has 3 heteroatoms. The molecule has 1 aromatic carbocycles. The quantitative estimate of drug-likeness (QED) is 0.839. The fraction of sp³-hybridized carbons (Fsp3) is 0.600. The number of aliphatic hydroxyl groups excluding tert-OH is 1. The van der Waals surface area contributed by atoms with E-state index in [1.54, 1.807) is 0 Å². The molecule has 2 N–H and O–H groups in total. The Morgan fingerprint density at radius 3 is 3.06 bits per heavy atom. The predicted molar refractivity (Wildman–Crippen MR) is 70.9 cm³/mol. The number of fused-ring (bicyclic) bond motifs is 1. The van der Waals surface area contributed by atoms with Crippen molar-refractivity contribution >= 4 is 0 Å². The molecule has 18 heavy (non-hydrogen) atoms. The summed E-state index contributed by atoms with van der Waals surface area (Å²) >= 11 is 0. The lowest BCUT2D eigenvalue weighted by Crippen LogP contribution is -2.40. The van der Waals surface area contributed by atoms with E-state index < -0.39 is 0 Å². The molecule has 3 unspecified atom stereocenters. The summed E-state index contributed by atoms with van der Waals surface area (Å²) in [6.45, 7) is 2.70. The largest absolute Gasteiger partial charge is 0.493 e. The number of hydrogen-bond donors (Lipinski definition) is 2. The Balaban J connectivity index is 1.73. The molecule has 0 saturated carbocycles. The van der Waals surface area contributed by atoms with Crippen LogP contribution in [0.3, 0.4) is 0 Å². The van der Waals surface area contributed by atoms with Gasteiger partial charge in [-0.2, -0.15) is 0 Å². The first kappa shape index (κ1) is 12.0. The molecule has 2 aliphatic heterocycles. The minimum absolute atomic E-state index is 0.138. The van der Waals surface area contributed by atoms with Gasteiger partial charge < -0.3 is 15.2 Å². The highest BCUT2D eigenvalue weighted by Gasteiger charge is 2.29. The molecule has 2 aliphatic rings. The van der Waals surface area contributed by atoms with Crippen LogP contribution in [0.4, 0.5) is 0 Å². The summed E-state index contributed by atoms with van der Waals surface area (Å²) in [6.07, 6.45) is 2.88. The van der Waals surface area contributed by atoms with Crippen LogP contribution in [0.5, 0.6) is 5.75 Å². The Labute approximate surface area is 108 Å². The maximum absolute atomic E-state index is 10.1. The van der Waals surface area contributed by atoms with Crippen molar-refractivity contribution in [3.8, 4) is 5.75 Å². The molecule has 1 aromatic rings. The Bertz CT molecular complexity index is 407. The van der Waals surface area contributed by atoms with Crippen LogP contribution in [0.1, 0.15) is 30.7 Å². The molecule has 0 radical (unpaired) electrons. The fourth-order valence-electron chi connectivity index (χ4n) is 3.18. The molecule has 0 amide bonds. The van der Waals surface area contributed by atoms with Crippen molar-refractivity contribution in [1.29, 1.82) is 0 Å². The van der Waals surface area contributed by atoms with Crippen LogP contribution in [-0.2, 0) is 0 Å². The van der Waals surface area contributed by atoms with Crippen LogP contribution in [0, 0.1) is 5.92 Å². The minimum Gasteiger partial charge on any atom is -0.493 e. The van der Waals surface area contributed by atoms with Gasteiger partial charge in [0.1, 0.15) is 5.75 Å². The van der Waals surface area contributed by atoms with E-state index in [1.165, 1.54) is 5.56 Å². The van der Waals surface area contributed by atoms with E-state index in [1.807, 2.05) is 6.07 Å². The van der Waals surface area contributed by atoms with Gasteiger partial charge >= 0.3 is 0 Å². The number of benzene rings is 1. The standard InChI is InChI=1S/C15H21NO2/c17-14-5-7-16-10-12(14)9-11-6-8-18-15-4-2-1-3-13(11)15/h1-4,11-12,14,16-17H,5-10H2. The first-order valence-electron chi connectivity index (χ1n) is 6.95. The summed E-state index contributed by atoms with van der Waals surface area (Å²) in [6, 6.07) is 8.33. The Morgan fingerprint density at radius 2 is 2.17 bits per heavy atom. The highest BCUT2D eigenvalue weighted by molar-refractivity contribution is 5.37. The van der Waals surface area contributed by atoms with E-state index in [2.05, 4.69) is 23.5 Å². The van der Waals surface area contributed by atoms with E-state index in [0.717, 1.165) is 44.7 Å². The van der Waals surface area contributed by atoms with Gasteiger partial charge in [0.2, 0.25) is 0 Å². The molecule has 2 heterocycles. The molecule has 1 saturated heterocycles. The van der Waals surface area contributed by atoms with Gasteiger partial charge in [-0.1, -0.05) is 18.2 Å². The van der Waals surface area contributed by atoms with Crippen molar-refractivity contribution in [2.24, 2.45) is 5.92 Å². The summed E-state index contributed by atoms with van der Waals surface area (Å²) in [7, 11) is 0. The zero-order valence-electron chi connectivity index (χ0n) is 10.6. The third-order valence-electron chi connectivity index (χ3n) is 4.24. The second kappa shape index (κ2) is 5.29. The number of hydrogen-bond acceptors (Lipinski definition) is 3. The molecular weight excluding hydrogens is 226 g/mol. The zero-order chi connectivity index (χ0) is 12.4. The second-order valence-electron chi connectivity index (χ2n) is 5.43. The number of ether oxygens (including phenoxy) is 1. The third-order valence-corrected chi connectivity index (χ3v) is 4.24. The molecular formula is C15H21NO2. The molecule has 0 spiro atoms. The van der Waals surface area contributed by atoms with Gasteiger partial charge in [0.05, 0.1) is 12.7 Å². The maximum Gasteiger partial charge on any atom is 0.122 e. The van der Waals surface area contributed by atoms with Gasteiger partial charge in [-0.05, 0) is 49.3 Å². The van der Waals surface area contributed by atoms with Crippen LogP contribution in [-0.4, -0.2) is 30.9 Å². The smallest absolute Gasteiger partial charge is 0.122 e. The van der Waals surface area contributed by atoms with Crippen molar-refractivity contribution in [2.45, 2.75) is 31.3 Å². The Kier molecular flexibility index (Phi) is 3.52. The van der Waals surface area contributed by atoms with E-state index in [4.69, 9.17) is 4.74 Å². The summed E-state index contributed by atoms with van der Waals surface area (Å²) in [4.78, 5) is 0. The van der Waals surface area contributed by atoms with Gasteiger partial charge in [-0.25, -0.2) is 0 Å². The van der Waals surface area contributed by atoms with Crippen LogP contribution in [0.15, 0.2) is 24.3 Å². The SMILES string of the molecule is OC1CCNCC1CC1CCOc2ccccc21. The maximum atomic E-state index is 10.1. The van der Waals surface area contributed by atoms with Crippen molar-refractivity contribution in [3.05, 3.63) is 29.8 Å². The topological polar surface area (TPSA) is 41.5 Å². The molecule has 0 aliphatic carbocycles. The van der Waals surface area contributed by atoms with Gasteiger partial charge in [0.25, 0.3) is 0 Å². The summed E-state index contributed by atoms with van der Waals surface area (Å²) in [5, 5.41) is 13.5. The summed E-state index contributed by atoms with van der Waals surface area (Å²) in [5.41, 5.74) is 1.32. The van der Waals surface area contributed by atoms with Gasteiger partial charge in [0.15, 0.2) is 0 Å². The number of rotatable bonds is 2. The average Bonchev–Trinajstić information content (AvgIpc) is 2.42. The van der Waals surface area contributed by atoms with Crippen molar-refractivity contribution in [3.63, 3.8) is 0 Å². The van der Waals surface area contributed by atoms with Gasteiger partial charge in [0, 0.05) is 6.54 Å². The lowest BCUT2D eigenvalue weighted by atomic mass is 9.81. The van der Waals surface area contributed by atoms with E-state index >= 15 is 0 Å². The first-order chi connectivity index (χ1) is 8.84. The highest BCUT2D eigenvalue weighted by Crippen LogP contribution is 2.38. The summed E-state index contributed by atoms with van der Waals surface area (Å²) < 4.78 is 5.69. The molecule has 3 nitrogen and oxygen atoms in total. The fourth-order valence-corrected chi connectivity index (χ4v) is 3.18. The number of aliphatic hydroxyl groups is 1. The van der Waals surface area contributed by atoms with Gasteiger partial charge in [-0.3, -0.25) is 0 Å². The lowest BCUT2D eigenvalue weighted by molar-refractivity contribution is 0.0675. The molecule has 3 atom stereocenters. The minimum atomic E-state index is -0.138. The average molecular weight is 247 g/mol. The predicted octanol–water partition coefficient (Wildman–Crippen LogP) is 1.91. The molecule has 98 valence electrons. The van der Waals surface area contributed by atoms with E-state index in [0.29, 0.717) is 11.8 Å². The number of para-hydroxylation sites is 1. The molecule has 3 rings (SSSR count). The van der Waals surface area contributed by atoms with E-state index in [9.17, 15) is 5.11 Å². The molecule has 0 bridgehead atoms. The van der Waals surface area contributed by atoms with Crippen LogP contribution < -0.4 is 10.1 Å². The number of piperidine rings is 1. The van der Waals surface area contributed by atoms with Crippen LogP contribution in [0.2, 0.25) is 0 Å². The second-order valence-corrected chi connectivity index (χ2v) is 5.43. The lowest BCUT2D eigenvalue weighted by Gasteiger charge is -2.33. The van der Waals surface area contributed by atoms with Crippen molar-refractivity contribution < 1.29 is 9.84 Å². The van der Waals surface area contributed by atoms with Crippen molar-refractivity contribution in [1.82, 2.24) is 5.32 Å². The summed E-state index contributed by atoms with van der Waals surface area (Å²) in [5.74, 6) is 1.96. The Hall–Kier alpha value is -1.06. The van der Waals surface area contributed by atoms with Gasteiger partial charge in [-0.15, -0.1) is 0 Å². The number of nitrogens with one attached hydrogen (secondary N) is 1. The van der Waals surface area contributed by atoms with Crippen molar-refractivity contribution in [2.75, 3.05) is 19.7 Å². The third kappa shape index (κ3) is 2.38. The molecule has 0 aromatic heterocycles. The Morgan fingerprint density at radius 1 is 1.28 bits per heavy atom. The van der Waals surface area contributed by atoms with Crippen LogP contribution >= 0.6 is 0 Å². The highest BCUT2D eigenvalue weighted by atomic mass is 16.5. The first-order valence-corrected chi connectivity index (χ1v) is 6.95. The van der Waals surface area contributed by atoms with E-state index in [-0.39, 0.29) is 6.10 Å². The zero-order valence-corrected chi connectivity index (χ0v) is 10.6. The van der Waals surface area contributed by atoms with Crippen LogP contribution in [0.25, 0.3) is 0 Å². The normalized spacial score (nSPS) is 31.5. The monoisotopic (exact) mass is 247 g/mol.